The molecule has 0 bridgehead atoms. The maximum absolute atomic E-state index is 12.5. The van der Waals surface area contributed by atoms with Crippen LogP contribution in [0.4, 0.5) is 0 Å². The zero-order valence-corrected chi connectivity index (χ0v) is 13.6. The largest absolute Gasteiger partial charge is 0.274 e. The Morgan fingerprint density at radius 3 is 2.33 bits per heavy atom. The lowest BCUT2D eigenvalue weighted by molar-refractivity contribution is 0.549. The summed E-state index contributed by atoms with van der Waals surface area (Å²) in [6, 6.07) is 7.66. The summed E-state index contributed by atoms with van der Waals surface area (Å²) in [6.07, 6.45) is 2.21. The Morgan fingerprint density at radius 1 is 1.24 bits per heavy atom. The SMILES string of the molecule is CCC(NS(=O)(=O)c1cn(C)nc1C)c1ccc(C)cc1. The molecule has 1 aromatic carbocycles. The highest BCUT2D eigenvalue weighted by Gasteiger charge is 2.23. The second-order valence-electron chi connectivity index (χ2n) is 5.25. The molecule has 6 heteroatoms. The standard InChI is InChI=1S/C15H21N3O2S/c1-5-14(13-8-6-11(2)7-9-13)17-21(19,20)15-10-18(4)16-12(15)3/h6-10,14,17H,5H2,1-4H3. The summed E-state index contributed by atoms with van der Waals surface area (Å²) in [5.74, 6) is 0. The fraction of sp³-hybridized carbons (Fsp3) is 0.400. The van der Waals surface area contributed by atoms with Gasteiger partial charge in [-0.3, -0.25) is 4.68 Å². The lowest BCUT2D eigenvalue weighted by atomic mass is 10.0. The number of benzene rings is 1. The number of aromatic nitrogens is 2. The molecule has 5 nitrogen and oxygen atoms in total. The van der Waals surface area contributed by atoms with Crippen LogP contribution in [0.2, 0.25) is 0 Å². The molecule has 0 aliphatic carbocycles. The highest BCUT2D eigenvalue weighted by atomic mass is 32.2. The van der Waals surface area contributed by atoms with Gasteiger partial charge in [-0.1, -0.05) is 36.8 Å². The van der Waals surface area contributed by atoms with Gasteiger partial charge in [0.25, 0.3) is 0 Å². The van der Waals surface area contributed by atoms with E-state index in [-0.39, 0.29) is 10.9 Å². The molecule has 1 N–H and O–H groups in total. The first-order valence-electron chi connectivity index (χ1n) is 6.92. The molecule has 1 unspecified atom stereocenters. The van der Waals surface area contributed by atoms with E-state index in [1.165, 1.54) is 10.9 Å². The summed E-state index contributed by atoms with van der Waals surface area (Å²) in [5, 5.41) is 4.09. The molecular formula is C15H21N3O2S. The van der Waals surface area contributed by atoms with Crippen LogP contribution in [0.3, 0.4) is 0 Å². The summed E-state index contributed by atoms with van der Waals surface area (Å²) in [4.78, 5) is 0.232. The average Bonchev–Trinajstić information content (AvgIpc) is 2.77. The molecule has 1 atom stereocenters. The van der Waals surface area contributed by atoms with Crippen molar-refractivity contribution < 1.29 is 8.42 Å². The van der Waals surface area contributed by atoms with Crippen LogP contribution in [0.5, 0.6) is 0 Å². The zero-order chi connectivity index (χ0) is 15.6. The summed E-state index contributed by atoms with van der Waals surface area (Å²) >= 11 is 0. The van der Waals surface area contributed by atoms with Gasteiger partial charge in [0.1, 0.15) is 4.90 Å². The van der Waals surface area contributed by atoms with Gasteiger partial charge < -0.3 is 0 Å². The molecule has 0 aliphatic rings. The number of aryl methyl sites for hydroxylation is 3. The highest BCUT2D eigenvalue weighted by molar-refractivity contribution is 7.89. The maximum Gasteiger partial charge on any atom is 0.244 e. The van der Waals surface area contributed by atoms with Crippen LogP contribution in [-0.4, -0.2) is 18.2 Å². The highest BCUT2D eigenvalue weighted by Crippen LogP contribution is 2.21. The Kier molecular flexibility index (Phi) is 4.49. The number of hydrogen-bond acceptors (Lipinski definition) is 3. The molecule has 114 valence electrons. The molecule has 0 amide bonds. The number of sulfonamides is 1. The molecular weight excluding hydrogens is 286 g/mol. The summed E-state index contributed by atoms with van der Waals surface area (Å²) < 4.78 is 29.3. The van der Waals surface area contributed by atoms with Crippen molar-refractivity contribution in [1.82, 2.24) is 14.5 Å². The predicted octanol–water partition coefficient (Wildman–Crippen LogP) is 2.47. The number of nitrogens with zero attached hydrogens (tertiary/aromatic N) is 2. The van der Waals surface area contributed by atoms with E-state index in [1.807, 2.05) is 38.1 Å². The van der Waals surface area contributed by atoms with E-state index in [2.05, 4.69) is 9.82 Å². The molecule has 0 fully saturated rings. The van der Waals surface area contributed by atoms with E-state index < -0.39 is 10.0 Å². The third kappa shape index (κ3) is 3.51. The van der Waals surface area contributed by atoms with E-state index in [9.17, 15) is 8.42 Å². The first kappa shape index (κ1) is 15.7. The van der Waals surface area contributed by atoms with Crippen molar-refractivity contribution in [2.24, 2.45) is 7.05 Å². The minimum absolute atomic E-state index is 0.232. The van der Waals surface area contributed by atoms with Crippen LogP contribution in [-0.2, 0) is 17.1 Å². The van der Waals surface area contributed by atoms with E-state index in [0.717, 1.165) is 11.1 Å². The van der Waals surface area contributed by atoms with Crippen molar-refractivity contribution in [3.8, 4) is 0 Å². The molecule has 2 aromatic rings. The van der Waals surface area contributed by atoms with Crippen molar-refractivity contribution in [3.63, 3.8) is 0 Å². The molecule has 0 saturated carbocycles. The van der Waals surface area contributed by atoms with Crippen LogP contribution >= 0.6 is 0 Å². The fourth-order valence-corrected chi connectivity index (χ4v) is 3.80. The fourth-order valence-electron chi connectivity index (χ4n) is 2.28. The minimum Gasteiger partial charge on any atom is -0.274 e. The van der Waals surface area contributed by atoms with Crippen LogP contribution < -0.4 is 4.72 Å². The number of nitrogens with one attached hydrogen (secondary N) is 1. The molecule has 0 radical (unpaired) electrons. The van der Waals surface area contributed by atoms with Gasteiger partial charge in [0.2, 0.25) is 10.0 Å². The van der Waals surface area contributed by atoms with Gasteiger partial charge in [-0.15, -0.1) is 0 Å². The van der Waals surface area contributed by atoms with Crippen molar-refractivity contribution >= 4 is 10.0 Å². The molecule has 1 aromatic heterocycles. The molecule has 0 saturated heterocycles. The van der Waals surface area contributed by atoms with Gasteiger partial charge in [-0.05, 0) is 25.8 Å². The topological polar surface area (TPSA) is 64.0 Å². The third-order valence-electron chi connectivity index (χ3n) is 3.44. The number of hydrogen-bond donors (Lipinski definition) is 1. The van der Waals surface area contributed by atoms with Crippen LogP contribution in [0, 0.1) is 13.8 Å². The van der Waals surface area contributed by atoms with Crippen LogP contribution in [0.25, 0.3) is 0 Å². The Balaban J connectivity index is 2.29. The quantitative estimate of drug-likeness (QED) is 0.923. The zero-order valence-electron chi connectivity index (χ0n) is 12.8. The minimum atomic E-state index is -3.57. The van der Waals surface area contributed by atoms with Crippen LogP contribution in [0.1, 0.15) is 36.2 Å². The van der Waals surface area contributed by atoms with Crippen molar-refractivity contribution in [1.29, 1.82) is 0 Å². The normalized spacial score (nSPS) is 13.3. The van der Waals surface area contributed by atoms with Crippen molar-refractivity contribution in [2.45, 2.75) is 38.1 Å². The van der Waals surface area contributed by atoms with Gasteiger partial charge in [0.15, 0.2) is 0 Å². The lowest BCUT2D eigenvalue weighted by Gasteiger charge is -2.17. The third-order valence-corrected chi connectivity index (χ3v) is 5.02. The van der Waals surface area contributed by atoms with E-state index in [1.54, 1.807) is 14.0 Å². The second-order valence-corrected chi connectivity index (χ2v) is 6.93. The summed E-state index contributed by atoms with van der Waals surface area (Å²) in [5.41, 5.74) is 2.62. The number of rotatable bonds is 5. The van der Waals surface area contributed by atoms with Crippen molar-refractivity contribution in [2.75, 3.05) is 0 Å². The van der Waals surface area contributed by atoms with Gasteiger partial charge >= 0.3 is 0 Å². The average molecular weight is 307 g/mol. The van der Waals surface area contributed by atoms with E-state index >= 15 is 0 Å². The van der Waals surface area contributed by atoms with Gasteiger partial charge in [0, 0.05) is 19.3 Å². The monoisotopic (exact) mass is 307 g/mol. The maximum atomic E-state index is 12.5. The summed E-state index contributed by atoms with van der Waals surface area (Å²) in [6.45, 7) is 5.67. The molecule has 2 rings (SSSR count). The van der Waals surface area contributed by atoms with Crippen LogP contribution in [0.15, 0.2) is 35.4 Å². The second kappa shape index (κ2) is 5.99. The first-order valence-corrected chi connectivity index (χ1v) is 8.41. The Morgan fingerprint density at radius 2 is 1.86 bits per heavy atom. The lowest BCUT2D eigenvalue weighted by Crippen LogP contribution is -2.28. The Hall–Kier alpha value is -1.66. The van der Waals surface area contributed by atoms with E-state index in [0.29, 0.717) is 12.1 Å². The van der Waals surface area contributed by atoms with Gasteiger partial charge in [-0.2, -0.15) is 5.10 Å². The predicted molar refractivity (Wildman–Crippen MR) is 82.5 cm³/mol. The molecule has 1 heterocycles. The van der Waals surface area contributed by atoms with Gasteiger partial charge in [-0.25, -0.2) is 13.1 Å². The van der Waals surface area contributed by atoms with Crippen molar-refractivity contribution in [3.05, 3.63) is 47.3 Å². The first-order chi connectivity index (χ1) is 9.83. The Labute approximate surface area is 126 Å². The summed E-state index contributed by atoms with van der Waals surface area (Å²) in [7, 11) is -1.86. The smallest absolute Gasteiger partial charge is 0.244 e. The Bertz CT molecular complexity index is 718. The van der Waals surface area contributed by atoms with Gasteiger partial charge in [0.05, 0.1) is 5.69 Å². The molecule has 0 spiro atoms. The molecule has 0 aliphatic heterocycles. The van der Waals surface area contributed by atoms with E-state index in [4.69, 9.17) is 0 Å². The molecule has 21 heavy (non-hydrogen) atoms.